The summed E-state index contributed by atoms with van der Waals surface area (Å²) in [5, 5.41) is 0. The highest BCUT2D eigenvalue weighted by Gasteiger charge is 2.30. The van der Waals surface area contributed by atoms with Gasteiger partial charge in [0.05, 0.1) is 12.9 Å². The van der Waals surface area contributed by atoms with Gasteiger partial charge in [0.25, 0.3) is 0 Å². The Kier molecular flexibility index (Phi) is 10.0. The zero-order valence-corrected chi connectivity index (χ0v) is 13.5. The Bertz CT molecular complexity index is 320. The van der Waals surface area contributed by atoms with Crippen LogP contribution in [0, 0.1) is 0 Å². The Hall–Kier alpha value is -1.15. The molecule has 0 aromatic carbocycles. The van der Waals surface area contributed by atoms with E-state index < -0.39 is 14.5 Å². The second kappa shape index (κ2) is 10.6. The van der Waals surface area contributed by atoms with Gasteiger partial charge in [-0.25, -0.2) is 4.79 Å². The average molecular weight is 304 g/mol. The van der Waals surface area contributed by atoms with Crippen molar-refractivity contribution in [2.24, 2.45) is 0 Å². The van der Waals surface area contributed by atoms with Crippen LogP contribution in [0.2, 0.25) is 12.6 Å². The van der Waals surface area contributed by atoms with Gasteiger partial charge < -0.3 is 23.1 Å². The number of esters is 1. The molecule has 1 unspecified atom stereocenters. The summed E-state index contributed by atoms with van der Waals surface area (Å²) in [6.45, 7) is 11.7. The fourth-order valence-electron chi connectivity index (χ4n) is 1.11. The molecule has 6 nitrogen and oxygen atoms in total. The number of rotatable bonds is 12. The Morgan fingerprint density at radius 1 is 1.30 bits per heavy atom. The largest absolute Gasteiger partial charge is 0.499 e. The molecule has 0 N–H and O–H groups in total. The van der Waals surface area contributed by atoms with Gasteiger partial charge in [0.2, 0.25) is 0 Å². The van der Waals surface area contributed by atoms with Gasteiger partial charge in [0.15, 0.2) is 6.79 Å². The van der Waals surface area contributed by atoms with Crippen LogP contribution in [-0.4, -0.2) is 48.3 Å². The van der Waals surface area contributed by atoms with E-state index in [2.05, 4.69) is 13.2 Å². The number of carbonyl (C=O) groups excluding carboxylic acids is 1. The van der Waals surface area contributed by atoms with E-state index in [1.54, 1.807) is 14.0 Å². The molecule has 0 aliphatic rings. The molecule has 0 rings (SSSR count). The molecule has 1 atom stereocenters. The van der Waals surface area contributed by atoms with Gasteiger partial charge in [-0.3, -0.25) is 0 Å². The molecular formula is C13H24O6Si. The summed E-state index contributed by atoms with van der Waals surface area (Å²) in [7, 11) is -0.809. The third-order valence-electron chi connectivity index (χ3n) is 2.50. The van der Waals surface area contributed by atoms with Crippen molar-refractivity contribution in [1.82, 2.24) is 0 Å². The second-order valence-corrected chi connectivity index (χ2v) is 7.68. The van der Waals surface area contributed by atoms with Crippen molar-refractivity contribution in [3.63, 3.8) is 0 Å². The lowest BCUT2D eigenvalue weighted by molar-refractivity contribution is -0.146. The summed E-state index contributed by atoms with van der Waals surface area (Å²) < 4.78 is 26.1. The molecule has 0 bridgehead atoms. The van der Waals surface area contributed by atoms with Crippen molar-refractivity contribution < 1.29 is 27.9 Å². The van der Waals surface area contributed by atoms with Crippen LogP contribution in [0.15, 0.2) is 25.0 Å². The van der Waals surface area contributed by atoms with Crippen molar-refractivity contribution >= 4 is 14.5 Å². The van der Waals surface area contributed by atoms with Gasteiger partial charge in [-0.1, -0.05) is 13.2 Å². The van der Waals surface area contributed by atoms with E-state index in [0.29, 0.717) is 31.4 Å². The minimum Gasteiger partial charge on any atom is -0.499 e. The highest BCUT2D eigenvalue weighted by molar-refractivity contribution is 6.66. The SMILES string of the molecule is C=COCCOCC[Si](C)(OC)OCOC(=O)C(=C)C. The maximum atomic E-state index is 11.2. The molecule has 0 aromatic rings. The fraction of sp³-hybridized carbons (Fsp3) is 0.615. The first-order valence-corrected chi connectivity index (χ1v) is 8.79. The van der Waals surface area contributed by atoms with Crippen LogP contribution >= 0.6 is 0 Å². The van der Waals surface area contributed by atoms with E-state index in [1.807, 2.05) is 6.55 Å². The monoisotopic (exact) mass is 304 g/mol. The summed E-state index contributed by atoms with van der Waals surface area (Å²) in [5.41, 5.74) is 0.333. The maximum absolute atomic E-state index is 11.2. The predicted octanol–water partition coefficient (Wildman–Crippen LogP) is 1.97. The molecule has 0 spiro atoms. The number of carbonyl (C=O) groups is 1. The minimum atomic E-state index is -2.39. The molecule has 7 heteroatoms. The standard InChI is InChI=1S/C13H24O6Si/c1-6-16-7-8-17-9-10-20(5,15-4)19-11-18-13(14)12(2)3/h6H,1-2,7-11H2,3-5H3. The van der Waals surface area contributed by atoms with Gasteiger partial charge in [0.1, 0.15) is 6.61 Å². The van der Waals surface area contributed by atoms with E-state index in [1.165, 1.54) is 6.26 Å². The van der Waals surface area contributed by atoms with Crippen LogP contribution in [0.25, 0.3) is 0 Å². The van der Waals surface area contributed by atoms with Crippen LogP contribution in [0.4, 0.5) is 0 Å². The highest BCUT2D eigenvalue weighted by Crippen LogP contribution is 2.12. The van der Waals surface area contributed by atoms with Crippen molar-refractivity contribution in [3.8, 4) is 0 Å². The minimum absolute atomic E-state index is 0.137. The molecule has 0 aliphatic carbocycles. The van der Waals surface area contributed by atoms with Crippen LogP contribution in [0.3, 0.4) is 0 Å². The van der Waals surface area contributed by atoms with Crippen LogP contribution < -0.4 is 0 Å². The number of ether oxygens (including phenoxy) is 3. The summed E-state index contributed by atoms with van der Waals surface area (Å²) in [6.07, 6.45) is 1.37. The molecule has 0 heterocycles. The molecule has 0 saturated heterocycles. The second-order valence-electron chi connectivity index (χ2n) is 4.21. The van der Waals surface area contributed by atoms with E-state index in [0.717, 1.165) is 0 Å². The molecule has 0 radical (unpaired) electrons. The van der Waals surface area contributed by atoms with Crippen molar-refractivity contribution in [2.75, 3.05) is 33.7 Å². The zero-order chi connectivity index (χ0) is 15.4. The van der Waals surface area contributed by atoms with E-state index >= 15 is 0 Å². The first kappa shape index (κ1) is 18.8. The van der Waals surface area contributed by atoms with Crippen molar-refractivity contribution in [2.45, 2.75) is 19.5 Å². The molecule has 20 heavy (non-hydrogen) atoms. The van der Waals surface area contributed by atoms with Gasteiger partial charge in [0, 0.05) is 25.3 Å². The smallest absolute Gasteiger partial charge is 0.339 e. The van der Waals surface area contributed by atoms with Crippen LogP contribution in [0.1, 0.15) is 6.92 Å². The van der Waals surface area contributed by atoms with E-state index in [4.69, 9.17) is 23.1 Å². The van der Waals surface area contributed by atoms with Gasteiger partial charge in [-0.15, -0.1) is 0 Å². The number of hydrogen-bond donors (Lipinski definition) is 0. The van der Waals surface area contributed by atoms with Crippen molar-refractivity contribution in [3.05, 3.63) is 25.0 Å². The lowest BCUT2D eigenvalue weighted by Crippen LogP contribution is -2.39. The Morgan fingerprint density at radius 3 is 2.55 bits per heavy atom. The third-order valence-corrected chi connectivity index (χ3v) is 5.20. The summed E-state index contributed by atoms with van der Waals surface area (Å²) in [6, 6.07) is 0.627. The summed E-state index contributed by atoms with van der Waals surface area (Å²) in [5.74, 6) is -0.477. The Balaban J connectivity index is 3.86. The Labute approximate surface area is 121 Å². The van der Waals surface area contributed by atoms with E-state index in [-0.39, 0.29) is 6.79 Å². The molecule has 116 valence electrons. The quantitative estimate of drug-likeness (QED) is 0.137. The van der Waals surface area contributed by atoms with Gasteiger partial charge in [-0.05, 0) is 13.5 Å². The molecule has 0 aromatic heterocycles. The molecule has 0 fully saturated rings. The Morgan fingerprint density at radius 2 is 2.00 bits per heavy atom. The predicted molar refractivity (Wildman–Crippen MR) is 77.3 cm³/mol. The topological polar surface area (TPSA) is 63.2 Å². The van der Waals surface area contributed by atoms with Gasteiger partial charge in [-0.2, -0.15) is 0 Å². The highest BCUT2D eigenvalue weighted by atomic mass is 28.4. The lowest BCUT2D eigenvalue weighted by Gasteiger charge is -2.24. The van der Waals surface area contributed by atoms with Crippen LogP contribution in [-0.2, 0) is 27.9 Å². The fourth-order valence-corrected chi connectivity index (χ4v) is 2.40. The molecular weight excluding hydrogens is 280 g/mol. The summed E-state index contributed by atoms with van der Waals surface area (Å²) in [4.78, 5) is 11.2. The maximum Gasteiger partial charge on any atom is 0.339 e. The third kappa shape index (κ3) is 8.86. The normalized spacial score (nSPS) is 13.3. The first-order valence-electron chi connectivity index (χ1n) is 6.27. The number of hydrogen-bond acceptors (Lipinski definition) is 6. The molecule has 0 saturated carbocycles. The first-order chi connectivity index (χ1) is 9.45. The zero-order valence-electron chi connectivity index (χ0n) is 12.5. The van der Waals surface area contributed by atoms with Crippen molar-refractivity contribution in [1.29, 1.82) is 0 Å². The van der Waals surface area contributed by atoms with Gasteiger partial charge >= 0.3 is 14.5 Å². The summed E-state index contributed by atoms with van der Waals surface area (Å²) >= 11 is 0. The van der Waals surface area contributed by atoms with E-state index in [9.17, 15) is 4.79 Å². The van der Waals surface area contributed by atoms with Crippen LogP contribution in [0.5, 0.6) is 0 Å². The molecule has 0 aliphatic heterocycles. The molecule has 0 amide bonds. The average Bonchev–Trinajstić information content (AvgIpc) is 2.42. The lowest BCUT2D eigenvalue weighted by atomic mass is 10.4.